The van der Waals surface area contributed by atoms with Crippen LogP contribution in [0.5, 0.6) is 0 Å². The van der Waals surface area contributed by atoms with Crippen molar-refractivity contribution in [1.29, 1.82) is 0 Å². The second kappa shape index (κ2) is 6.97. The minimum atomic E-state index is -0.493. The number of rotatable bonds is 7. The highest BCUT2D eigenvalue weighted by molar-refractivity contribution is 7.13. The summed E-state index contributed by atoms with van der Waals surface area (Å²) < 4.78 is 0. The van der Waals surface area contributed by atoms with Gasteiger partial charge in [0.25, 0.3) is 5.91 Å². The Kier molecular flexibility index (Phi) is 5.58. The van der Waals surface area contributed by atoms with Crippen molar-refractivity contribution in [3.05, 3.63) is 27.1 Å². The van der Waals surface area contributed by atoms with Crippen molar-refractivity contribution in [2.45, 2.75) is 13.3 Å². The lowest BCUT2D eigenvalue weighted by atomic mass is 10.3. The molecule has 0 spiro atoms. The maximum atomic E-state index is 11.6. The normalized spacial score (nSPS) is 10.2. The second-order valence-corrected chi connectivity index (χ2v) is 4.28. The van der Waals surface area contributed by atoms with Gasteiger partial charge >= 0.3 is 5.00 Å². The molecule has 0 radical (unpaired) electrons. The molecule has 0 aliphatic carbocycles. The van der Waals surface area contributed by atoms with Gasteiger partial charge in [-0.05, 0) is 19.5 Å². The van der Waals surface area contributed by atoms with Crippen LogP contribution in [0.25, 0.3) is 0 Å². The molecule has 0 saturated heterocycles. The van der Waals surface area contributed by atoms with Gasteiger partial charge < -0.3 is 10.6 Å². The molecule has 1 heterocycles. The number of nitrogens with zero attached hydrogens (tertiary/aromatic N) is 1. The van der Waals surface area contributed by atoms with Gasteiger partial charge in [-0.3, -0.25) is 14.9 Å². The molecular weight excluding hydrogens is 242 g/mol. The molecule has 0 fully saturated rings. The smallest absolute Gasteiger partial charge is 0.324 e. The third kappa shape index (κ3) is 4.49. The number of hydrogen-bond acceptors (Lipinski definition) is 5. The molecule has 0 aliphatic heterocycles. The molecule has 1 rings (SSSR count). The van der Waals surface area contributed by atoms with Crippen molar-refractivity contribution in [1.82, 2.24) is 10.6 Å². The van der Waals surface area contributed by atoms with Crippen LogP contribution in [-0.4, -0.2) is 30.5 Å². The molecule has 0 bridgehead atoms. The zero-order chi connectivity index (χ0) is 12.7. The van der Waals surface area contributed by atoms with Crippen LogP contribution in [0.3, 0.4) is 0 Å². The number of amides is 1. The fraction of sp³-hybridized carbons (Fsp3) is 0.500. The summed E-state index contributed by atoms with van der Waals surface area (Å²) in [4.78, 5) is 21.5. The van der Waals surface area contributed by atoms with Gasteiger partial charge in [0.2, 0.25) is 0 Å². The van der Waals surface area contributed by atoms with Gasteiger partial charge in [0.15, 0.2) is 0 Å². The van der Waals surface area contributed by atoms with E-state index < -0.39 is 4.92 Å². The van der Waals surface area contributed by atoms with Gasteiger partial charge in [-0.15, -0.1) is 0 Å². The van der Waals surface area contributed by atoms with E-state index in [0.717, 1.165) is 30.8 Å². The molecule has 7 heteroatoms. The van der Waals surface area contributed by atoms with E-state index in [1.807, 2.05) is 6.92 Å². The van der Waals surface area contributed by atoms with Crippen molar-refractivity contribution >= 4 is 22.2 Å². The van der Waals surface area contributed by atoms with Gasteiger partial charge in [0.05, 0.1) is 10.5 Å². The van der Waals surface area contributed by atoms with E-state index in [0.29, 0.717) is 12.1 Å². The molecule has 94 valence electrons. The first-order chi connectivity index (χ1) is 8.15. The fourth-order valence-corrected chi connectivity index (χ4v) is 1.94. The van der Waals surface area contributed by atoms with Crippen molar-refractivity contribution < 1.29 is 9.72 Å². The predicted molar refractivity (Wildman–Crippen MR) is 66.5 cm³/mol. The molecular formula is C10H15N3O3S. The fourth-order valence-electron chi connectivity index (χ4n) is 1.23. The Bertz CT molecular complexity index is 392. The van der Waals surface area contributed by atoms with Gasteiger partial charge in [0.1, 0.15) is 0 Å². The second-order valence-electron chi connectivity index (χ2n) is 3.39. The Morgan fingerprint density at radius 2 is 2.29 bits per heavy atom. The highest BCUT2D eigenvalue weighted by Gasteiger charge is 2.14. The van der Waals surface area contributed by atoms with Crippen LogP contribution in [0, 0.1) is 10.1 Å². The molecule has 0 atom stereocenters. The molecule has 0 aliphatic rings. The van der Waals surface area contributed by atoms with E-state index in [-0.39, 0.29) is 10.9 Å². The Balaban J connectivity index is 2.34. The Hall–Kier alpha value is -1.47. The standard InChI is InChI=1S/C10H15N3O3S/c1-2-11-4-3-5-12-10(14)8-6-9(13(15)16)17-7-8/h6-7,11H,2-5H2,1H3,(H,12,14). The van der Waals surface area contributed by atoms with Crippen molar-refractivity contribution in [2.75, 3.05) is 19.6 Å². The van der Waals surface area contributed by atoms with Crippen LogP contribution in [0.15, 0.2) is 11.4 Å². The Labute approximate surface area is 103 Å². The highest BCUT2D eigenvalue weighted by Crippen LogP contribution is 2.22. The van der Waals surface area contributed by atoms with Crippen LogP contribution < -0.4 is 10.6 Å². The number of thiophene rings is 1. The zero-order valence-corrected chi connectivity index (χ0v) is 10.4. The van der Waals surface area contributed by atoms with E-state index in [2.05, 4.69) is 10.6 Å². The molecule has 1 aromatic rings. The van der Waals surface area contributed by atoms with Crippen LogP contribution in [0.1, 0.15) is 23.7 Å². The van der Waals surface area contributed by atoms with Crippen LogP contribution in [0.4, 0.5) is 5.00 Å². The van der Waals surface area contributed by atoms with E-state index in [4.69, 9.17) is 0 Å². The van der Waals surface area contributed by atoms with Gasteiger partial charge in [0, 0.05) is 18.0 Å². The summed E-state index contributed by atoms with van der Waals surface area (Å²) >= 11 is 0.961. The van der Waals surface area contributed by atoms with Crippen LogP contribution in [0.2, 0.25) is 0 Å². The molecule has 0 saturated carbocycles. The lowest BCUT2D eigenvalue weighted by Gasteiger charge is -2.03. The van der Waals surface area contributed by atoms with E-state index in [1.165, 1.54) is 11.4 Å². The minimum absolute atomic E-state index is 0.0113. The van der Waals surface area contributed by atoms with E-state index in [9.17, 15) is 14.9 Å². The van der Waals surface area contributed by atoms with Crippen LogP contribution >= 0.6 is 11.3 Å². The van der Waals surface area contributed by atoms with E-state index in [1.54, 1.807) is 0 Å². The number of nitrogens with one attached hydrogen (secondary N) is 2. The molecule has 1 amide bonds. The molecule has 2 N–H and O–H groups in total. The molecule has 0 aromatic carbocycles. The van der Waals surface area contributed by atoms with Gasteiger partial charge in [-0.1, -0.05) is 18.3 Å². The molecule has 17 heavy (non-hydrogen) atoms. The van der Waals surface area contributed by atoms with Gasteiger partial charge in [-0.25, -0.2) is 0 Å². The third-order valence-corrected chi connectivity index (χ3v) is 2.97. The minimum Gasteiger partial charge on any atom is -0.352 e. The summed E-state index contributed by atoms with van der Waals surface area (Å²) in [5, 5.41) is 17.8. The third-order valence-electron chi connectivity index (χ3n) is 2.09. The summed E-state index contributed by atoms with van der Waals surface area (Å²) in [6.45, 7) is 4.34. The summed E-state index contributed by atoms with van der Waals surface area (Å²) in [7, 11) is 0. The van der Waals surface area contributed by atoms with Gasteiger partial charge in [-0.2, -0.15) is 0 Å². The summed E-state index contributed by atoms with van der Waals surface area (Å²) in [5.41, 5.74) is 0.352. The highest BCUT2D eigenvalue weighted by atomic mass is 32.1. The predicted octanol–water partition coefficient (Wildman–Crippen LogP) is 1.39. The lowest BCUT2D eigenvalue weighted by molar-refractivity contribution is -0.380. The summed E-state index contributed by atoms with van der Waals surface area (Å²) in [6, 6.07) is 1.30. The first kappa shape index (κ1) is 13.6. The first-order valence-corrected chi connectivity index (χ1v) is 6.25. The summed E-state index contributed by atoms with van der Waals surface area (Å²) in [5.74, 6) is -0.258. The van der Waals surface area contributed by atoms with Crippen molar-refractivity contribution in [2.24, 2.45) is 0 Å². The average molecular weight is 257 g/mol. The quantitative estimate of drug-likeness (QED) is 0.439. The van der Waals surface area contributed by atoms with Crippen LogP contribution in [-0.2, 0) is 0 Å². The van der Waals surface area contributed by atoms with Crippen molar-refractivity contribution in [3.63, 3.8) is 0 Å². The number of nitro groups is 1. The monoisotopic (exact) mass is 257 g/mol. The molecule has 6 nitrogen and oxygen atoms in total. The molecule has 1 aromatic heterocycles. The topological polar surface area (TPSA) is 84.3 Å². The SMILES string of the molecule is CCNCCCNC(=O)c1csc([N+](=O)[O-])c1. The largest absolute Gasteiger partial charge is 0.352 e. The number of hydrogen-bond donors (Lipinski definition) is 2. The Morgan fingerprint density at radius 3 is 2.88 bits per heavy atom. The van der Waals surface area contributed by atoms with E-state index >= 15 is 0 Å². The first-order valence-electron chi connectivity index (χ1n) is 5.37. The lowest BCUT2D eigenvalue weighted by Crippen LogP contribution is -2.26. The zero-order valence-electron chi connectivity index (χ0n) is 9.56. The summed E-state index contributed by atoms with van der Waals surface area (Å²) in [6.07, 6.45) is 0.839. The number of carbonyl (C=O) groups is 1. The number of carbonyl (C=O) groups excluding carboxylic acids is 1. The maximum absolute atomic E-state index is 11.6. The molecule has 0 unspecified atom stereocenters. The average Bonchev–Trinajstić information content (AvgIpc) is 2.78. The van der Waals surface area contributed by atoms with Crippen molar-refractivity contribution in [3.8, 4) is 0 Å². The Morgan fingerprint density at radius 1 is 1.53 bits per heavy atom. The maximum Gasteiger partial charge on any atom is 0.324 e.